The number of para-hydroxylation sites is 1. The van der Waals surface area contributed by atoms with Gasteiger partial charge in [0.2, 0.25) is 5.91 Å². The molecule has 0 atom stereocenters. The van der Waals surface area contributed by atoms with Gasteiger partial charge in [-0.1, -0.05) is 25.1 Å². The Morgan fingerprint density at radius 1 is 1.38 bits per heavy atom. The van der Waals surface area contributed by atoms with E-state index in [4.69, 9.17) is 11.5 Å². The molecule has 1 amide bonds. The molecule has 0 spiro atoms. The third kappa shape index (κ3) is 3.90. The highest BCUT2D eigenvalue weighted by Crippen LogP contribution is 2.13. The number of nitrogens with zero attached hydrogens (tertiary/aromatic N) is 1. The number of primary amides is 1. The number of nitrogens with two attached hydrogens (primary N) is 2. The average molecular weight is 221 g/mol. The molecule has 4 heteroatoms. The highest BCUT2D eigenvalue weighted by Gasteiger charge is 2.09. The van der Waals surface area contributed by atoms with Crippen LogP contribution in [0.15, 0.2) is 24.3 Å². The van der Waals surface area contributed by atoms with Crippen molar-refractivity contribution in [3.63, 3.8) is 0 Å². The zero-order valence-electron chi connectivity index (χ0n) is 9.65. The molecular weight excluding hydrogens is 202 g/mol. The van der Waals surface area contributed by atoms with Crippen molar-refractivity contribution in [1.29, 1.82) is 0 Å². The number of amides is 1. The first-order valence-corrected chi connectivity index (χ1v) is 5.47. The predicted molar refractivity (Wildman–Crippen MR) is 65.6 cm³/mol. The lowest BCUT2D eigenvalue weighted by molar-refractivity contribution is -0.119. The van der Waals surface area contributed by atoms with E-state index in [0.717, 1.165) is 24.2 Å². The van der Waals surface area contributed by atoms with Crippen LogP contribution in [-0.2, 0) is 11.3 Å². The summed E-state index contributed by atoms with van der Waals surface area (Å²) in [6.45, 7) is 3.87. The second-order valence-electron chi connectivity index (χ2n) is 3.88. The summed E-state index contributed by atoms with van der Waals surface area (Å²) < 4.78 is 0. The number of carbonyl (C=O) groups excluding carboxylic acids is 1. The summed E-state index contributed by atoms with van der Waals surface area (Å²) in [5, 5.41) is 0. The highest BCUT2D eigenvalue weighted by molar-refractivity contribution is 5.75. The monoisotopic (exact) mass is 221 g/mol. The van der Waals surface area contributed by atoms with E-state index in [1.54, 1.807) is 0 Å². The lowest BCUT2D eigenvalue weighted by Crippen LogP contribution is -2.34. The lowest BCUT2D eigenvalue weighted by Gasteiger charge is -2.20. The number of carbonyl (C=O) groups is 1. The van der Waals surface area contributed by atoms with Crippen molar-refractivity contribution in [1.82, 2.24) is 4.90 Å². The number of nitrogen functional groups attached to an aromatic ring is 1. The fourth-order valence-electron chi connectivity index (χ4n) is 1.67. The normalized spacial score (nSPS) is 10.6. The van der Waals surface area contributed by atoms with E-state index in [9.17, 15) is 4.79 Å². The molecule has 1 rings (SSSR count). The van der Waals surface area contributed by atoms with Crippen LogP contribution in [0.3, 0.4) is 0 Å². The van der Waals surface area contributed by atoms with Gasteiger partial charge in [-0.3, -0.25) is 9.69 Å². The van der Waals surface area contributed by atoms with E-state index >= 15 is 0 Å². The zero-order chi connectivity index (χ0) is 12.0. The summed E-state index contributed by atoms with van der Waals surface area (Å²) in [7, 11) is 0. The number of anilines is 1. The van der Waals surface area contributed by atoms with E-state index in [2.05, 4.69) is 6.92 Å². The Balaban J connectivity index is 2.67. The maximum Gasteiger partial charge on any atom is 0.231 e. The molecule has 0 aliphatic carbocycles. The molecule has 0 fully saturated rings. The van der Waals surface area contributed by atoms with Gasteiger partial charge in [-0.2, -0.15) is 0 Å². The fraction of sp³-hybridized carbons (Fsp3) is 0.417. The van der Waals surface area contributed by atoms with E-state index in [1.807, 2.05) is 29.2 Å². The minimum Gasteiger partial charge on any atom is -0.398 e. The Kier molecular flexibility index (Phi) is 4.79. The first kappa shape index (κ1) is 12.5. The predicted octanol–water partition coefficient (Wildman–Crippen LogP) is 0.966. The molecular formula is C12H19N3O. The first-order valence-electron chi connectivity index (χ1n) is 5.47. The number of rotatable bonds is 6. The van der Waals surface area contributed by atoms with Crippen LogP contribution < -0.4 is 11.5 Å². The third-order valence-corrected chi connectivity index (χ3v) is 2.37. The molecule has 0 aromatic heterocycles. The van der Waals surface area contributed by atoms with Crippen LogP contribution in [0.25, 0.3) is 0 Å². The molecule has 0 saturated carbocycles. The molecule has 0 saturated heterocycles. The molecule has 0 aliphatic heterocycles. The molecule has 0 radical (unpaired) electrons. The Labute approximate surface area is 96.2 Å². The summed E-state index contributed by atoms with van der Waals surface area (Å²) in [6, 6.07) is 7.68. The van der Waals surface area contributed by atoms with Gasteiger partial charge in [0.05, 0.1) is 6.54 Å². The van der Waals surface area contributed by atoms with Crippen LogP contribution in [0.5, 0.6) is 0 Å². The van der Waals surface area contributed by atoms with E-state index < -0.39 is 0 Å². The smallest absolute Gasteiger partial charge is 0.231 e. The summed E-state index contributed by atoms with van der Waals surface area (Å²) in [6.07, 6.45) is 0.986. The molecule has 4 N–H and O–H groups in total. The topological polar surface area (TPSA) is 72.3 Å². The fourth-order valence-corrected chi connectivity index (χ4v) is 1.67. The molecule has 16 heavy (non-hydrogen) atoms. The molecule has 88 valence electrons. The quantitative estimate of drug-likeness (QED) is 0.703. The summed E-state index contributed by atoms with van der Waals surface area (Å²) in [4.78, 5) is 12.9. The van der Waals surface area contributed by atoms with Gasteiger partial charge in [-0.25, -0.2) is 0 Å². The second kappa shape index (κ2) is 6.12. The van der Waals surface area contributed by atoms with Crippen molar-refractivity contribution >= 4 is 11.6 Å². The Morgan fingerprint density at radius 3 is 2.62 bits per heavy atom. The summed E-state index contributed by atoms with van der Waals surface area (Å²) >= 11 is 0. The Bertz CT molecular complexity index is 352. The van der Waals surface area contributed by atoms with E-state index in [1.165, 1.54) is 0 Å². The van der Waals surface area contributed by atoms with Crippen molar-refractivity contribution < 1.29 is 4.79 Å². The van der Waals surface area contributed by atoms with Gasteiger partial charge < -0.3 is 11.5 Å². The van der Waals surface area contributed by atoms with E-state index in [0.29, 0.717) is 6.54 Å². The van der Waals surface area contributed by atoms with Gasteiger partial charge in [0.25, 0.3) is 0 Å². The summed E-state index contributed by atoms with van der Waals surface area (Å²) in [5.41, 5.74) is 12.9. The van der Waals surface area contributed by atoms with Crippen molar-refractivity contribution in [2.24, 2.45) is 5.73 Å². The van der Waals surface area contributed by atoms with Crippen LogP contribution in [0, 0.1) is 0 Å². The molecule has 0 aliphatic rings. The van der Waals surface area contributed by atoms with E-state index in [-0.39, 0.29) is 12.5 Å². The summed E-state index contributed by atoms with van der Waals surface area (Å²) in [5.74, 6) is -0.303. The maximum absolute atomic E-state index is 10.9. The average Bonchev–Trinajstić information content (AvgIpc) is 2.21. The zero-order valence-corrected chi connectivity index (χ0v) is 9.65. The molecule has 0 unspecified atom stereocenters. The number of hydrogen-bond acceptors (Lipinski definition) is 3. The third-order valence-electron chi connectivity index (χ3n) is 2.37. The number of benzene rings is 1. The SMILES string of the molecule is CCCN(CC(N)=O)Cc1ccccc1N. The van der Waals surface area contributed by atoms with Crippen LogP contribution in [0.1, 0.15) is 18.9 Å². The minimum atomic E-state index is -0.303. The van der Waals surface area contributed by atoms with Crippen molar-refractivity contribution in [2.45, 2.75) is 19.9 Å². The van der Waals surface area contributed by atoms with Gasteiger partial charge in [-0.15, -0.1) is 0 Å². The van der Waals surface area contributed by atoms with Crippen molar-refractivity contribution in [3.8, 4) is 0 Å². The van der Waals surface area contributed by atoms with Gasteiger partial charge in [0, 0.05) is 12.2 Å². The Hall–Kier alpha value is -1.55. The van der Waals surface area contributed by atoms with Crippen LogP contribution >= 0.6 is 0 Å². The molecule has 4 nitrogen and oxygen atoms in total. The van der Waals surface area contributed by atoms with Gasteiger partial charge in [-0.05, 0) is 24.6 Å². The van der Waals surface area contributed by atoms with Gasteiger partial charge >= 0.3 is 0 Å². The second-order valence-corrected chi connectivity index (χ2v) is 3.88. The molecule has 0 bridgehead atoms. The maximum atomic E-state index is 10.9. The highest BCUT2D eigenvalue weighted by atomic mass is 16.1. The van der Waals surface area contributed by atoms with Crippen LogP contribution in [0.2, 0.25) is 0 Å². The number of hydrogen-bond donors (Lipinski definition) is 2. The minimum absolute atomic E-state index is 0.280. The lowest BCUT2D eigenvalue weighted by atomic mass is 10.1. The van der Waals surface area contributed by atoms with Crippen LogP contribution in [-0.4, -0.2) is 23.9 Å². The van der Waals surface area contributed by atoms with Gasteiger partial charge in [0.15, 0.2) is 0 Å². The standard InChI is InChI=1S/C12H19N3O/c1-2-7-15(9-12(14)16)8-10-5-3-4-6-11(10)13/h3-6H,2,7-9,13H2,1H3,(H2,14,16). The van der Waals surface area contributed by atoms with Crippen LogP contribution in [0.4, 0.5) is 5.69 Å². The Morgan fingerprint density at radius 2 is 2.06 bits per heavy atom. The van der Waals surface area contributed by atoms with Gasteiger partial charge in [0.1, 0.15) is 0 Å². The first-order chi connectivity index (χ1) is 7.63. The molecule has 1 aromatic carbocycles. The largest absolute Gasteiger partial charge is 0.398 e. The molecule has 0 heterocycles. The van der Waals surface area contributed by atoms with Crippen molar-refractivity contribution in [3.05, 3.63) is 29.8 Å². The molecule has 1 aromatic rings. The van der Waals surface area contributed by atoms with Crippen molar-refractivity contribution in [2.75, 3.05) is 18.8 Å².